The van der Waals surface area contributed by atoms with E-state index >= 15 is 0 Å². The number of nitrogens with zero attached hydrogens (tertiary/aromatic N) is 3. The Hall–Kier alpha value is -3.52. The van der Waals surface area contributed by atoms with Gasteiger partial charge in [-0.25, -0.2) is 14.8 Å². The van der Waals surface area contributed by atoms with Crippen molar-refractivity contribution >= 4 is 22.8 Å². The first-order valence-corrected chi connectivity index (χ1v) is 11.1. The van der Waals surface area contributed by atoms with Crippen LogP contribution in [-0.4, -0.2) is 52.1 Å². The van der Waals surface area contributed by atoms with Crippen molar-refractivity contribution < 1.29 is 24.2 Å². The van der Waals surface area contributed by atoms with Crippen molar-refractivity contribution in [2.45, 2.75) is 39.4 Å². The van der Waals surface area contributed by atoms with E-state index in [0.29, 0.717) is 35.6 Å². The molecular weight excluding hydrogens is 422 g/mol. The number of para-hydroxylation sites is 1. The summed E-state index contributed by atoms with van der Waals surface area (Å²) >= 11 is 0. The van der Waals surface area contributed by atoms with E-state index in [9.17, 15) is 14.7 Å². The van der Waals surface area contributed by atoms with Crippen LogP contribution in [0.3, 0.4) is 0 Å². The predicted molar refractivity (Wildman–Crippen MR) is 123 cm³/mol. The largest absolute Gasteiger partial charge is 0.480 e. The third-order valence-electron chi connectivity index (χ3n) is 6.20. The fraction of sp³-hybridized carbons (Fsp3) is 0.360. The molecule has 1 aliphatic rings. The number of likely N-dealkylation sites (N-methyl/N-ethyl adjacent to an activating group) is 1. The molecule has 172 valence electrons. The molecule has 3 aromatic rings. The summed E-state index contributed by atoms with van der Waals surface area (Å²) in [5, 5.41) is 10.9. The van der Waals surface area contributed by atoms with Crippen LogP contribution in [0.1, 0.15) is 48.7 Å². The van der Waals surface area contributed by atoms with Crippen molar-refractivity contribution in [3.05, 3.63) is 53.1 Å². The van der Waals surface area contributed by atoms with Crippen LogP contribution in [-0.2, 0) is 21.7 Å². The lowest BCUT2D eigenvalue weighted by molar-refractivity contribution is -0.152. The van der Waals surface area contributed by atoms with Gasteiger partial charge < -0.3 is 19.5 Å². The number of amides is 1. The molecule has 1 N–H and O–H groups in total. The summed E-state index contributed by atoms with van der Waals surface area (Å²) in [4.78, 5) is 37.3. The average molecular weight is 450 g/mol. The Morgan fingerprint density at radius 1 is 1.15 bits per heavy atom. The number of carbonyl (C=O) groups is 2. The van der Waals surface area contributed by atoms with Crippen molar-refractivity contribution in [2.75, 3.05) is 20.2 Å². The fourth-order valence-electron chi connectivity index (χ4n) is 4.41. The van der Waals surface area contributed by atoms with Crippen LogP contribution in [0.4, 0.5) is 0 Å². The molecule has 2 aromatic heterocycles. The van der Waals surface area contributed by atoms with Gasteiger partial charge in [0.05, 0.1) is 30.6 Å². The van der Waals surface area contributed by atoms with E-state index in [0.717, 1.165) is 10.9 Å². The Morgan fingerprint density at radius 3 is 2.52 bits per heavy atom. The molecular formula is C25H27N3O5. The molecule has 1 unspecified atom stereocenters. The lowest BCUT2D eigenvalue weighted by Gasteiger charge is -2.32. The summed E-state index contributed by atoms with van der Waals surface area (Å²) in [7, 11) is 1.42. The number of aromatic nitrogens is 2. The van der Waals surface area contributed by atoms with Crippen LogP contribution in [0.2, 0.25) is 0 Å². The minimum atomic E-state index is -1.47. The summed E-state index contributed by atoms with van der Waals surface area (Å²) in [6, 6.07) is 11.1. The molecule has 1 aromatic carbocycles. The topological polar surface area (TPSA) is 102 Å². The van der Waals surface area contributed by atoms with Crippen LogP contribution >= 0.6 is 0 Å². The van der Waals surface area contributed by atoms with Gasteiger partial charge in [-0.1, -0.05) is 25.1 Å². The quantitative estimate of drug-likeness (QED) is 0.551. The molecule has 3 heterocycles. The van der Waals surface area contributed by atoms with Gasteiger partial charge in [0.1, 0.15) is 5.56 Å². The summed E-state index contributed by atoms with van der Waals surface area (Å²) in [6.07, 6.45) is 0.256. The first-order chi connectivity index (χ1) is 15.9. The zero-order valence-electron chi connectivity index (χ0n) is 19.2. The Bertz CT molecular complexity index is 1240. The van der Waals surface area contributed by atoms with E-state index in [1.54, 1.807) is 11.0 Å². The lowest BCUT2D eigenvalue weighted by atomic mass is 9.87. The van der Waals surface area contributed by atoms with Gasteiger partial charge in [-0.3, -0.25) is 4.79 Å². The summed E-state index contributed by atoms with van der Waals surface area (Å²) in [5.74, 6) is -0.860. The molecule has 0 radical (unpaired) electrons. The molecule has 1 aliphatic heterocycles. The summed E-state index contributed by atoms with van der Waals surface area (Å²) in [5.41, 5.74) is 1.24. The maximum Gasteiger partial charge on any atom is 0.345 e. The molecule has 0 saturated heterocycles. The summed E-state index contributed by atoms with van der Waals surface area (Å²) < 4.78 is 11.2. The average Bonchev–Trinajstić information content (AvgIpc) is 3.15. The van der Waals surface area contributed by atoms with Crippen molar-refractivity contribution in [1.82, 2.24) is 14.9 Å². The number of rotatable bonds is 7. The molecule has 1 amide bonds. The van der Waals surface area contributed by atoms with Gasteiger partial charge in [0.25, 0.3) is 5.91 Å². The van der Waals surface area contributed by atoms with Gasteiger partial charge in [-0.05, 0) is 38.5 Å². The van der Waals surface area contributed by atoms with Crippen molar-refractivity contribution in [3.8, 4) is 17.3 Å². The highest BCUT2D eigenvalue weighted by Gasteiger charge is 2.53. The second-order valence-electron chi connectivity index (χ2n) is 7.83. The number of ether oxygens (including phenoxy) is 2. The van der Waals surface area contributed by atoms with Crippen molar-refractivity contribution in [1.29, 1.82) is 0 Å². The Balaban J connectivity index is 1.99. The van der Waals surface area contributed by atoms with Crippen LogP contribution in [0.15, 0.2) is 36.4 Å². The van der Waals surface area contributed by atoms with Crippen molar-refractivity contribution in [3.63, 3.8) is 0 Å². The van der Waals surface area contributed by atoms with Gasteiger partial charge >= 0.3 is 5.97 Å². The number of methoxy groups -OCH3 is 1. The van der Waals surface area contributed by atoms with Crippen LogP contribution in [0.5, 0.6) is 5.88 Å². The molecule has 0 spiro atoms. The zero-order valence-corrected chi connectivity index (χ0v) is 19.2. The number of carbonyl (C=O) groups excluding carboxylic acids is 2. The number of aliphatic hydroxyl groups is 1. The normalized spacial score (nSPS) is 17.1. The van der Waals surface area contributed by atoms with Gasteiger partial charge in [0.2, 0.25) is 11.5 Å². The third-order valence-corrected chi connectivity index (χ3v) is 6.20. The molecule has 33 heavy (non-hydrogen) atoms. The van der Waals surface area contributed by atoms with E-state index in [4.69, 9.17) is 14.5 Å². The predicted octanol–water partition coefficient (Wildman–Crippen LogP) is 3.44. The minimum absolute atomic E-state index is 0.0639. The maximum atomic E-state index is 13.5. The minimum Gasteiger partial charge on any atom is -0.480 e. The number of pyridine rings is 2. The van der Waals surface area contributed by atoms with Gasteiger partial charge in [-0.15, -0.1) is 0 Å². The SMILES string of the molecule is CCN(CC)C(=O)C1(CC)OC(=O)c2c1cc(-c1nc3ccccc3cc1CO)nc2OC. The highest BCUT2D eigenvalue weighted by atomic mass is 16.6. The number of fused-ring (bicyclic) bond motifs is 2. The highest BCUT2D eigenvalue weighted by Crippen LogP contribution is 2.45. The molecule has 4 rings (SSSR count). The first-order valence-electron chi connectivity index (χ1n) is 11.1. The number of benzene rings is 1. The Labute approximate surface area is 192 Å². The molecule has 0 fully saturated rings. The van der Waals surface area contributed by atoms with Crippen LogP contribution in [0.25, 0.3) is 22.3 Å². The number of aliphatic hydroxyl groups excluding tert-OH is 1. The molecule has 0 bridgehead atoms. The fourth-order valence-corrected chi connectivity index (χ4v) is 4.41. The standard InChI is InChI=1S/C25H27N3O5/c1-5-25(24(31)28(6-2)7-3)17-13-19(27-22(32-4)20(17)23(30)33-25)21-16(14-29)12-15-10-8-9-11-18(15)26-21/h8-13,29H,5-7,14H2,1-4H3. The van der Waals surface area contributed by atoms with Gasteiger partial charge in [0.15, 0.2) is 0 Å². The van der Waals surface area contributed by atoms with E-state index in [2.05, 4.69) is 4.98 Å². The van der Waals surface area contributed by atoms with E-state index in [-0.39, 0.29) is 30.4 Å². The molecule has 0 saturated carbocycles. The third kappa shape index (κ3) is 3.51. The summed E-state index contributed by atoms with van der Waals surface area (Å²) in [6.45, 7) is 6.30. The monoisotopic (exact) mass is 449 g/mol. The van der Waals surface area contributed by atoms with Crippen LogP contribution in [0, 0.1) is 0 Å². The number of cyclic esters (lactones) is 1. The van der Waals surface area contributed by atoms with Crippen molar-refractivity contribution in [2.24, 2.45) is 0 Å². The van der Waals surface area contributed by atoms with Gasteiger partial charge in [-0.2, -0.15) is 0 Å². The smallest absolute Gasteiger partial charge is 0.345 e. The Morgan fingerprint density at radius 2 is 1.88 bits per heavy atom. The molecule has 8 nitrogen and oxygen atoms in total. The number of esters is 1. The zero-order chi connectivity index (χ0) is 23.8. The number of hydrogen-bond acceptors (Lipinski definition) is 7. The molecule has 8 heteroatoms. The van der Waals surface area contributed by atoms with Crippen LogP contribution < -0.4 is 4.74 Å². The second kappa shape index (κ2) is 8.78. The maximum absolute atomic E-state index is 13.5. The number of hydrogen-bond donors (Lipinski definition) is 1. The van der Waals surface area contributed by atoms with E-state index in [1.807, 2.05) is 51.1 Å². The lowest BCUT2D eigenvalue weighted by Crippen LogP contribution is -2.46. The molecule has 1 atom stereocenters. The van der Waals surface area contributed by atoms with E-state index < -0.39 is 11.6 Å². The Kier molecular flexibility index (Phi) is 6.03. The van der Waals surface area contributed by atoms with E-state index in [1.165, 1.54) is 7.11 Å². The van der Waals surface area contributed by atoms with Gasteiger partial charge in [0, 0.05) is 29.6 Å². The second-order valence-corrected chi connectivity index (χ2v) is 7.83. The highest BCUT2D eigenvalue weighted by molar-refractivity contribution is 6.04. The molecule has 0 aliphatic carbocycles. The first kappa shape index (κ1) is 22.7.